The summed E-state index contributed by atoms with van der Waals surface area (Å²) >= 11 is 1.67. The highest BCUT2D eigenvalue weighted by atomic mass is 32.1. The summed E-state index contributed by atoms with van der Waals surface area (Å²) in [4.78, 5) is 12.7. The van der Waals surface area contributed by atoms with Gasteiger partial charge in [-0.2, -0.15) is 0 Å². The van der Waals surface area contributed by atoms with Crippen LogP contribution in [0.4, 0.5) is 0 Å². The average Bonchev–Trinajstić information content (AvgIpc) is 2.99. The topological polar surface area (TPSA) is 34.0 Å². The number of hydrogen-bond donors (Lipinski definition) is 1. The molecular formula is C13H16N2OS. The van der Waals surface area contributed by atoms with Gasteiger partial charge >= 0.3 is 0 Å². The van der Waals surface area contributed by atoms with E-state index in [0.717, 1.165) is 13.0 Å². The number of amides is 1. The van der Waals surface area contributed by atoms with Crippen molar-refractivity contribution in [1.82, 2.24) is 9.88 Å². The van der Waals surface area contributed by atoms with Crippen molar-refractivity contribution in [3.63, 3.8) is 0 Å². The van der Waals surface area contributed by atoms with Crippen molar-refractivity contribution < 1.29 is 4.79 Å². The summed E-state index contributed by atoms with van der Waals surface area (Å²) in [7, 11) is 0. The van der Waals surface area contributed by atoms with Gasteiger partial charge in [0.1, 0.15) is 0 Å². The number of aromatic nitrogens is 1. The average molecular weight is 248 g/mol. The van der Waals surface area contributed by atoms with Gasteiger partial charge in [-0.3, -0.25) is 4.79 Å². The maximum absolute atomic E-state index is 11.6. The van der Waals surface area contributed by atoms with E-state index < -0.39 is 0 Å². The van der Waals surface area contributed by atoms with Crippen LogP contribution >= 0.6 is 11.3 Å². The molecule has 90 valence electrons. The monoisotopic (exact) mass is 248 g/mol. The lowest BCUT2D eigenvalue weighted by molar-refractivity contribution is -0.121. The van der Waals surface area contributed by atoms with Crippen LogP contribution in [0.2, 0.25) is 0 Å². The molecule has 2 heterocycles. The maximum atomic E-state index is 11.6. The van der Waals surface area contributed by atoms with E-state index in [1.54, 1.807) is 11.3 Å². The molecule has 0 saturated heterocycles. The van der Waals surface area contributed by atoms with Crippen LogP contribution in [0.3, 0.4) is 0 Å². The quantitative estimate of drug-likeness (QED) is 0.838. The number of rotatable bonds is 6. The molecule has 17 heavy (non-hydrogen) atoms. The Labute approximate surface area is 105 Å². The number of thiophene rings is 1. The van der Waals surface area contributed by atoms with E-state index in [0.29, 0.717) is 13.0 Å². The Kier molecular flexibility index (Phi) is 4.38. The standard InChI is InChI=1S/C13H16N2OS/c16-13(14-11-12-5-4-10-17-12)6-3-9-15-7-1-2-8-15/h1-2,4-5,7-8,10H,3,6,9,11H2,(H,14,16). The summed E-state index contributed by atoms with van der Waals surface area (Å²) in [6, 6.07) is 8.02. The van der Waals surface area contributed by atoms with Crippen LogP contribution in [0.5, 0.6) is 0 Å². The summed E-state index contributed by atoms with van der Waals surface area (Å²) in [5.74, 6) is 0.130. The molecule has 0 aromatic carbocycles. The Morgan fingerprint density at radius 1 is 1.29 bits per heavy atom. The maximum Gasteiger partial charge on any atom is 0.220 e. The van der Waals surface area contributed by atoms with Crippen molar-refractivity contribution in [3.8, 4) is 0 Å². The van der Waals surface area contributed by atoms with E-state index in [4.69, 9.17) is 0 Å². The molecule has 3 nitrogen and oxygen atoms in total. The molecule has 0 bridgehead atoms. The molecule has 0 aliphatic carbocycles. The zero-order valence-electron chi connectivity index (χ0n) is 9.63. The van der Waals surface area contributed by atoms with Gasteiger partial charge in [0, 0.05) is 30.2 Å². The van der Waals surface area contributed by atoms with Gasteiger partial charge in [-0.25, -0.2) is 0 Å². The van der Waals surface area contributed by atoms with E-state index in [2.05, 4.69) is 9.88 Å². The fraction of sp³-hybridized carbons (Fsp3) is 0.308. The fourth-order valence-corrected chi connectivity index (χ4v) is 2.27. The van der Waals surface area contributed by atoms with Gasteiger partial charge in [-0.1, -0.05) is 6.07 Å². The van der Waals surface area contributed by atoms with Crippen molar-refractivity contribution in [3.05, 3.63) is 46.9 Å². The van der Waals surface area contributed by atoms with Gasteiger partial charge in [-0.05, 0) is 30.0 Å². The third kappa shape index (κ3) is 4.07. The SMILES string of the molecule is O=C(CCCn1cccc1)NCc1cccs1. The van der Waals surface area contributed by atoms with Gasteiger partial charge in [0.15, 0.2) is 0 Å². The van der Waals surface area contributed by atoms with E-state index in [-0.39, 0.29) is 5.91 Å². The molecular weight excluding hydrogens is 232 g/mol. The van der Waals surface area contributed by atoms with Crippen molar-refractivity contribution in [2.24, 2.45) is 0 Å². The predicted molar refractivity (Wildman–Crippen MR) is 69.8 cm³/mol. The normalized spacial score (nSPS) is 10.4. The van der Waals surface area contributed by atoms with Crippen molar-refractivity contribution in [1.29, 1.82) is 0 Å². The summed E-state index contributed by atoms with van der Waals surface area (Å²) in [5, 5.41) is 4.95. The van der Waals surface area contributed by atoms with Crippen LogP contribution < -0.4 is 5.32 Å². The first-order chi connectivity index (χ1) is 8.34. The lowest BCUT2D eigenvalue weighted by Gasteiger charge is -2.04. The highest BCUT2D eigenvalue weighted by Crippen LogP contribution is 2.07. The van der Waals surface area contributed by atoms with E-state index >= 15 is 0 Å². The van der Waals surface area contributed by atoms with Crippen LogP contribution in [-0.2, 0) is 17.9 Å². The van der Waals surface area contributed by atoms with Crippen molar-refractivity contribution in [2.75, 3.05) is 0 Å². The zero-order chi connectivity index (χ0) is 11.9. The number of hydrogen-bond acceptors (Lipinski definition) is 2. The second kappa shape index (κ2) is 6.25. The number of nitrogens with one attached hydrogen (secondary N) is 1. The molecule has 2 aromatic heterocycles. The zero-order valence-corrected chi connectivity index (χ0v) is 10.5. The first kappa shape index (κ1) is 11.9. The van der Waals surface area contributed by atoms with Crippen LogP contribution in [0.15, 0.2) is 42.0 Å². The summed E-state index contributed by atoms with van der Waals surface area (Å²) in [6.45, 7) is 1.56. The third-order valence-corrected chi connectivity index (χ3v) is 3.40. The second-order valence-electron chi connectivity index (χ2n) is 3.88. The van der Waals surface area contributed by atoms with Gasteiger partial charge in [0.2, 0.25) is 5.91 Å². The van der Waals surface area contributed by atoms with Crippen LogP contribution in [0, 0.1) is 0 Å². The van der Waals surface area contributed by atoms with Crippen LogP contribution in [0.25, 0.3) is 0 Å². The minimum absolute atomic E-state index is 0.130. The van der Waals surface area contributed by atoms with Crippen LogP contribution in [-0.4, -0.2) is 10.5 Å². The fourth-order valence-electron chi connectivity index (χ4n) is 1.63. The molecule has 0 fully saturated rings. The second-order valence-corrected chi connectivity index (χ2v) is 4.91. The van der Waals surface area contributed by atoms with E-state index in [1.165, 1.54) is 4.88 Å². The number of aryl methyl sites for hydroxylation is 1. The first-order valence-electron chi connectivity index (χ1n) is 5.74. The molecule has 1 N–H and O–H groups in total. The minimum Gasteiger partial charge on any atom is -0.354 e. The number of nitrogens with zero attached hydrogens (tertiary/aromatic N) is 1. The van der Waals surface area contributed by atoms with Crippen molar-refractivity contribution >= 4 is 17.2 Å². The smallest absolute Gasteiger partial charge is 0.220 e. The Morgan fingerprint density at radius 3 is 2.82 bits per heavy atom. The number of carbonyl (C=O) groups excluding carboxylic acids is 1. The molecule has 0 radical (unpaired) electrons. The van der Waals surface area contributed by atoms with Gasteiger partial charge < -0.3 is 9.88 Å². The molecule has 0 spiro atoms. The molecule has 0 aliphatic heterocycles. The molecule has 0 unspecified atom stereocenters. The lowest BCUT2D eigenvalue weighted by Crippen LogP contribution is -2.22. The molecule has 0 aliphatic rings. The highest BCUT2D eigenvalue weighted by Gasteiger charge is 2.01. The van der Waals surface area contributed by atoms with Crippen LogP contribution in [0.1, 0.15) is 17.7 Å². The van der Waals surface area contributed by atoms with Crippen molar-refractivity contribution in [2.45, 2.75) is 25.9 Å². The Hall–Kier alpha value is -1.55. The highest BCUT2D eigenvalue weighted by molar-refractivity contribution is 7.09. The molecule has 2 rings (SSSR count). The van der Waals surface area contributed by atoms with E-state index in [1.807, 2.05) is 42.0 Å². The van der Waals surface area contributed by atoms with E-state index in [9.17, 15) is 4.79 Å². The molecule has 4 heteroatoms. The van der Waals surface area contributed by atoms with Gasteiger partial charge in [0.25, 0.3) is 0 Å². The molecule has 0 atom stereocenters. The molecule has 0 saturated carbocycles. The largest absolute Gasteiger partial charge is 0.354 e. The molecule has 2 aromatic rings. The number of carbonyl (C=O) groups is 1. The first-order valence-corrected chi connectivity index (χ1v) is 6.62. The summed E-state index contributed by atoms with van der Waals surface area (Å²) < 4.78 is 2.09. The lowest BCUT2D eigenvalue weighted by atomic mass is 10.3. The summed E-state index contributed by atoms with van der Waals surface area (Å²) in [5.41, 5.74) is 0. The summed E-state index contributed by atoms with van der Waals surface area (Å²) in [6.07, 6.45) is 5.50. The van der Waals surface area contributed by atoms with Gasteiger partial charge in [-0.15, -0.1) is 11.3 Å². The Morgan fingerprint density at radius 2 is 2.12 bits per heavy atom. The molecule has 1 amide bonds. The predicted octanol–water partition coefficient (Wildman–Crippen LogP) is 2.65. The third-order valence-electron chi connectivity index (χ3n) is 2.53. The Bertz CT molecular complexity index is 434. The minimum atomic E-state index is 0.130. The Balaban J connectivity index is 1.61. The van der Waals surface area contributed by atoms with Gasteiger partial charge in [0.05, 0.1) is 6.54 Å².